The molecule has 1 aromatic carbocycles. The third-order valence-corrected chi connectivity index (χ3v) is 4.32. The normalized spacial score (nSPS) is 15.5. The average Bonchev–Trinajstić information content (AvgIpc) is 2.70. The number of nitrogens with zero attached hydrogens (tertiary/aromatic N) is 2. The summed E-state index contributed by atoms with van der Waals surface area (Å²) in [4.78, 5) is 18.6. The van der Waals surface area contributed by atoms with Crippen molar-refractivity contribution in [2.75, 3.05) is 40.0 Å². The van der Waals surface area contributed by atoms with Crippen LogP contribution in [0.4, 0.5) is 4.79 Å². The summed E-state index contributed by atoms with van der Waals surface area (Å²) in [7, 11) is 1.65. The van der Waals surface area contributed by atoms with Gasteiger partial charge in [-0.3, -0.25) is 4.98 Å². The van der Waals surface area contributed by atoms with E-state index < -0.39 is 0 Å². The van der Waals surface area contributed by atoms with Crippen molar-refractivity contribution in [2.45, 2.75) is 5.92 Å². The molecule has 6 nitrogen and oxygen atoms in total. The molecule has 6 heteroatoms. The molecule has 1 unspecified atom stereocenters. The van der Waals surface area contributed by atoms with Crippen LogP contribution in [0.25, 0.3) is 0 Å². The minimum Gasteiger partial charge on any atom is -0.497 e. The third kappa shape index (κ3) is 4.48. The van der Waals surface area contributed by atoms with Gasteiger partial charge in [-0.25, -0.2) is 4.79 Å². The number of hydrogen-bond donors (Lipinski definition) is 1. The first-order valence-corrected chi connectivity index (χ1v) is 8.43. The number of morpholine rings is 1. The number of methoxy groups -OCH3 is 1. The van der Waals surface area contributed by atoms with E-state index in [0.29, 0.717) is 32.8 Å². The number of aromatic nitrogens is 1. The van der Waals surface area contributed by atoms with Crippen LogP contribution in [0.3, 0.4) is 0 Å². The van der Waals surface area contributed by atoms with Crippen LogP contribution in [0.2, 0.25) is 0 Å². The van der Waals surface area contributed by atoms with Gasteiger partial charge in [-0.15, -0.1) is 0 Å². The van der Waals surface area contributed by atoms with Gasteiger partial charge >= 0.3 is 6.03 Å². The molecule has 0 saturated carbocycles. The SMILES string of the molecule is COc1ccc(C(CNC(=O)N2CCOCC2)c2ccccn2)cc1. The molecule has 25 heavy (non-hydrogen) atoms. The van der Waals surface area contributed by atoms with Crippen LogP contribution in [0, 0.1) is 0 Å². The van der Waals surface area contributed by atoms with Crippen LogP contribution in [0.1, 0.15) is 17.2 Å². The Hall–Kier alpha value is -2.60. The van der Waals surface area contributed by atoms with Crippen molar-refractivity contribution in [1.29, 1.82) is 0 Å². The van der Waals surface area contributed by atoms with Crippen LogP contribution < -0.4 is 10.1 Å². The van der Waals surface area contributed by atoms with Gasteiger partial charge in [0.15, 0.2) is 0 Å². The molecule has 2 aromatic rings. The maximum Gasteiger partial charge on any atom is 0.317 e. The summed E-state index contributed by atoms with van der Waals surface area (Å²) in [5, 5.41) is 3.04. The summed E-state index contributed by atoms with van der Waals surface area (Å²) < 4.78 is 10.5. The fourth-order valence-electron chi connectivity index (χ4n) is 2.88. The molecule has 1 fully saturated rings. The van der Waals surface area contributed by atoms with E-state index in [1.54, 1.807) is 18.2 Å². The van der Waals surface area contributed by atoms with Gasteiger partial charge in [-0.1, -0.05) is 18.2 Å². The molecule has 1 aromatic heterocycles. The van der Waals surface area contributed by atoms with E-state index in [1.807, 2.05) is 42.5 Å². The zero-order valence-corrected chi connectivity index (χ0v) is 14.4. The van der Waals surface area contributed by atoms with Crippen LogP contribution in [0.5, 0.6) is 5.75 Å². The molecule has 1 aliphatic heterocycles. The molecular formula is C19H23N3O3. The fourth-order valence-corrected chi connectivity index (χ4v) is 2.88. The number of ether oxygens (including phenoxy) is 2. The molecule has 1 aliphatic rings. The van der Waals surface area contributed by atoms with Gasteiger partial charge in [0.2, 0.25) is 0 Å². The molecule has 0 aliphatic carbocycles. The molecule has 1 saturated heterocycles. The van der Waals surface area contributed by atoms with Crippen molar-refractivity contribution in [3.8, 4) is 5.75 Å². The number of urea groups is 1. The number of amides is 2. The summed E-state index contributed by atoms with van der Waals surface area (Å²) in [5.41, 5.74) is 2.01. The quantitative estimate of drug-likeness (QED) is 0.906. The summed E-state index contributed by atoms with van der Waals surface area (Å²) in [6, 6.07) is 13.7. The molecule has 1 atom stereocenters. The second-order valence-electron chi connectivity index (χ2n) is 5.87. The Kier molecular flexibility index (Phi) is 5.85. The van der Waals surface area contributed by atoms with Crippen LogP contribution in [0.15, 0.2) is 48.7 Å². The Morgan fingerprint density at radius 1 is 1.24 bits per heavy atom. The van der Waals surface area contributed by atoms with Crippen molar-refractivity contribution >= 4 is 6.03 Å². The monoisotopic (exact) mass is 341 g/mol. The topological polar surface area (TPSA) is 63.7 Å². The van der Waals surface area contributed by atoms with E-state index in [2.05, 4.69) is 10.3 Å². The van der Waals surface area contributed by atoms with Crippen LogP contribution in [-0.4, -0.2) is 55.9 Å². The smallest absolute Gasteiger partial charge is 0.317 e. The number of pyridine rings is 1. The fraction of sp³-hybridized carbons (Fsp3) is 0.368. The van der Waals surface area contributed by atoms with Gasteiger partial charge in [-0.05, 0) is 29.8 Å². The van der Waals surface area contributed by atoms with Gasteiger partial charge in [0.1, 0.15) is 5.75 Å². The zero-order valence-electron chi connectivity index (χ0n) is 14.4. The van der Waals surface area contributed by atoms with Crippen LogP contribution >= 0.6 is 0 Å². The number of carbonyl (C=O) groups is 1. The van der Waals surface area contributed by atoms with E-state index in [-0.39, 0.29) is 11.9 Å². The molecule has 132 valence electrons. The first-order chi connectivity index (χ1) is 12.3. The lowest BCUT2D eigenvalue weighted by Gasteiger charge is -2.28. The van der Waals surface area contributed by atoms with Gasteiger partial charge in [0.25, 0.3) is 0 Å². The number of rotatable bonds is 5. The molecule has 0 spiro atoms. The zero-order chi connectivity index (χ0) is 17.5. The Morgan fingerprint density at radius 2 is 2.00 bits per heavy atom. The van der Waals surface area contributed by atoms with Gasteiger partial charge in [-0.2, -0.15) is 0 Å². The van der Waals surface area contributed by atoms with E-state index in [0.717, 1.165) is 17.0 Å². The van der Waals surface area contributed by atoms with Crippen LogP contribution in [-0.2, 0) is 4.74 Å². The molecule has 3 rings (SSSR count). The van der Waals surface area contributed by atoms with Crippen molar-refractivity contribution in [1.82, 2.24) is 15.2 Å². The first-order valence-electron chi connectivity index (χ1n) is 8.43. The second-order valence-corrected chi connectivity index (χ2v) is 5.87. The summed E-state index contributed by atoms with van der Waals surface area (Å²) >= 11 is 0. The predicted molar refractivity (Wildman–Crippen MR) is 94.9 cm³/mol. The first kappa shape index (κ1) is 17.2. The Bertz CT molecular complexity index is 670. The lowest BCUT2D eigenvalue weighted by molar-refractivity contribution is 0.0532. The van der Waals surface area contributed by atoms with Gasteiger partial charge in [0.05, 0.1) is 20.3 Å². The third-order valence-electron chi connectivity index (χ3n) is 4.32. The summed E-state index contributed by atoms with van der Waals surface area (Å²) in [5.74, 6) is 0.790. The molecule has 0 bridgehead atoms. The van der Waals surface area contributed by atoms with Gasteiger partial charge < -0.3 is 19.7 Å². The van der Waals surface area contributed by atoms with Gasteiger partial charge in [0, 0.05) is 37.4 Å². The second kappa shape index (κ2) is 8.48. The van der Waals surface area contributed by atoms with Crippen molar-refractivity contribution < 1.29 is 14.3 Å². The minimum atomic E-state index is -0.0576. The Labute approximate surface area is 147 Å². The molecule has 2 amide bonds. The molecule has 0 radical (unpaired) electrons. The molecule has 2 heterocycles. The maximum atomic E-state index is 12.4. The average molecular weight is 341 g/mol. The lowest BCUT2D eigenvalue weighted by atomic mass is 9.95. The lowest BCUT2D eigenvalue weighted by Crippen LogP contribution is -2.47. The predicted octanol–water partition coefficient (Wildman–Crippen LogP) is 2.26. The van der Waals surface area contributed by atoms with E-state index in [1.165, 1.54) is 0 Å². The summed E-state index contributed by atoms with van der Waals surface area (Å²) in [6.45, 7) is 2.93. The Balaban J connectivity index is 1.73. The molecular weight excluding hydrogens is 318 g/mol. The standard InChI is InChI=1S/C19H23N3O3/c1-24-16-7-5-15(6-8-16)17(18-4-2-3-9-20-18)14-21-19(23)22-10-12-25-13-11-22/h2-9,17H,10-14H2,1H3,(H,21,23). The van der Waals surface area contributed by atoms with E-state index in [4.69, 9.17) is 9.47 Å². The van der Waals surface area contributed by atoms with Crippen molar-refractivity contribution in [3.05, 3.63) is 59.9 Å². The largest absolute Gasteiger partial charge is 0.497 e. The minimum absolute atomic E-state index is 0.0166. The van der Waals surface area contributed by atoms with E-state index >= 15 is 0 Å². The van der Waals surface area contributed by atoms with Crippen molar-refractivity contribution in [2.24, 2.45) is 0 Å². The highest BCUT2D eigenvalue weighted by molar-refractivity contribution is 5.74. The highest BCUT2D eigenvalue weighted by Crippen LogP contribution is 2.24. The number of nitrogens with one attached hydrogen (secondary N) is 1. The highest BCUT2D eigenvalue weighted by atomic mass is 16.5. The number of carbonyl (C=O) groups excluding carboxylic acids is 1. The number of benzene rings is 1. The maximum absolute atomic E-state index is 12.4. The Morgan fingerprint density at radius 3 is 2.64 bits per heavy atom. The van der Waals surface area contributed by atoms with Crippen molar-refractivity contribution in [3.63, 3.8) is 0 Å². The molecule has 1 N–H and O–H groups in total. The highest BCUT2D eigenvalue weighted by Gasteiger charge is 2.20. The van der Waals surface area contributed by atoms with E-state index in [9.17, 15) is 4.79 Å². The number of hydrogen-bond acceptors (Lipinski definition) is 4. The summed E-state index contributed by atoms with van der Waals surface area (Å²) in [6.07, 6.45) is 1.77.